The van der Waals surface area contributed by atoms with Crippen LogP contribution in [-0.2, 0) is 11.5 Å². The summed E-state index contributed by atoms with van der Waals surface area (Å²) in [4.78, 5) is 17.7. The molecule has 0 radical (unpaired) electrons. The van der Waals surface area contributed by atoms with Crippen LogP contribution in [0.5, 0.6) is 0 Å². The highest BCUT2D eigenvalue weighted by Crippen LogP contribution is 2.23. The predicted octanol–water partition coefficient (Wildman–Crippen LogP) is 4.25. The van der Waals surface area contributed by atoms with E-state index in [1.54, 1.807) is 4.68 Å². The minimum atomic E-state index is 0.165. The number of benzene rings is 1. The molecule has 6 nitrogen and oxygen atoms in total. The second-order valence-electron chi connectivity index (χ2n) is 8.31. The number of amides is 1. The molecule has 0 aliphatic carbocycles. The van der Waals surface area contributed by atoms with Crippen LogP contribution in [0.15, 0.2) is 28.7 Å². The molecule has 4 rings (SSSR count). The fraction of sp³-hybridized carbons (Fsp3) is 0.591. The summed E-state index contributed by atoms with van der Waals surface area (Å²) in [5.74, 6) is 1.09. The summed E-state index contributed by atoms with van der Waals surface area (Å²) in [5, 5.41) is 4.57. The number of piperidine rings is 1. The van der Waals surface area contributed by atoms with Crippen LogP contribution in [0.1, 0.15) is 44.1 Å². The Morgan fingerprint density at radius 3 is 2.38 bits per heavy atom. The molecule has 2 fully saturated rings. The van der Waals surface area contributed by atoms with Crippen molar-refractivity contribution >= 4 is 18.1 Å². The monoisotopic (exact) mass is 414 g/mol. The van der Waals surface area contributed by atoms with E-state index in [1.165, 1.54) is 18.4 Å². The SMILES string of the molecule is Cc1ccc(-c2nn(CN3CCC(C(=O)N4CCCCCC4)CC3)c(=S)o2)cc1. The number of hydrogen-bond acceptors (Lipinski definition) is 5. The molecular weight excluding hydrogens is 384 g/mol. The van der Waals surface area contributed by atoms with Crippen molar-refractivity contribution in [3.63, 3.8) is 0 Å². The van der Waals surface area contributed by atoms with Gasteiger partial charge in [0.2, 0.25) is 11.8 Å². The van der Waals surface area contributed by atoms with Crippen LogP contribution in [0.2, 0.25) is 0 Å². The van der Waals surface area contributed by atoms with Crippen molar-refractivity contribution in [3.05, 3.63) is 34.7 Å². The van der Waals surface area contributed by atoms with Gasteiger partial charge in [-0.3, -0.25) is 9.69 Å². The molecule has 0 bridgehead atoms. The van der Waals surface area contributed by atoms with Gasteiger partial charge in [0.1, 0.15) is 0 Å². The van der Waals surface area contributed by atoms with E-state index in [1.807, 2.05) is 24.3 Å². The van der Waals surface area contributed by atoms with Crippen molar-refractivity contribution in [2.75, 3.05) is 26.2 Å². The van der Waals surface area contributed by atoms with Gasteiger partial charge < -0.3 is 9.32 Å². The molecule has 0 N–H and O–H groups in total. The zero-order valence-electron chi connectivity index (χ0n) is 17.2. The van der Waals surface area contributed by atoms with Crippen molar-refractivity contribution in [2.24, 2.45) is 5.92 Å². The number of carbonyl (C=O) groups excluding carboxylic acids is 1. The molecule has 1 aromatic carbocycles. The van der Waals surface area contributed by atoms with Gasteiger partial charge >= 0.3 is 0 Å². The Kier molecular flexibility index (Phi) is 6.45. The zero-order valence-corrected chi connectivity index (χ0v) is 18.0. The van der Waals surface area contributed by atoms with Crippen LogP contribution in [-0.4, -0.2) is 51.7 Å². The Bertz CT molecular complexity index is 873. The maximum absolute atomic E-state index is 12.9. The quantitative estimate of drug-likeness (QED) is 0.700. The van der Waals surface area contributed by atoms with E-state index in [9.17, 15) is 4.79 Å². The Balaban J connectivity index is 1.33. The lowest BCUT2D eigenvalue weighted by Gasteiger charge is -2.33. The second-order valence-corrected chi connectivity index (χ2v) is 8.66. The van der Waals surface area contributed by atoms with Gasteiger partial charge in [0.05, 0.1) is 6.67 Å². The van der Waals surface area contributed by atoms with Gasteiger partial charge in [-0.25, -0.2) is 4.68 Å². The lowest BCUT2D eigenvalue weighted by atomic mass is 9.95. The van der Waals surface area contributed by atoms with Crippen LogP contribution in [0.4, 0.5) is 0 Å². The van der Waals surface area contributed by atoms with Crippen molar-refractivity contribution in [3.8, 4) is 11.5 Å². The lowest BCUT2D eigenvalue weighted by molar-refractivity contribution is -0.137. The molecule has 2 aliphatic heterocycles. The first-order valence-corrected chi connectivity index (χ1v) is 11.2. The van der Waals surface area contributed by atoms with E-state index in [-0.39, 0.29) is 5.92 Å². The predicted molar refractivity (Wildman–Crippen MR) is 115 cm³/mol. The number of aromatic nitrogens is 2. The second kappa shape index (κ2) is 9.22. The van der Waals surface area contributed by atoms with Gasteiger partial charge in [-0.05, 0) is 57.0 Å². The van der Waals surface area contributed by atoms with Crippen molar-refractivity contribution < 1.29 is 9.21 Å². The van der Waals surface area contributed by atoms with E-state index in [4.69, 9.17) is 16.6 Å². The zero-order chi connectivity index (χ0) is 20.2. The topological polar surface area (TPSA) is 54.5 Å². The fourth-order valence-corrected chi connectivity index (χ4v) is 4.45. The first-order chi connectivity index (χ1) is 14.1. The van der Waals surface area contributed by atoms with E-state index >= 15 is 0 Å². The Morgan fingerprint density at radius 2 is 1.72 bits per heavy atom. The van der Waals surface area contributed by atoms with E-state index in [2.05, 4.69) is 21.8 Å². The molecule has 0 saturated carbocycles. The third-order valence-electron chi connectivity index (χ3n) is 6.09. The Labute approximate surface area is 177 Å². The highest BCUT2D eigenvalue weighted by atomic mass is 32.1. The van der Waals surface area contributed by atoms with Gasteiger partial charge in [0, 0.05) is 37.7 Å². The molecule has 1 amide bonds. The summed E-state index contributed by atoms with van der Waals surface area (Å²) < 4.78 is 7.46. The molecular formula is C22H30N4O2S. The lowest BCUT2D eigenvalue weighted by Crippen LogP contribution is -2.43. The molecule has 156 valence electrons. The first-order valence-electron chi connectivity index (χ1n) is 10.8. The maximum Gasteiger partial charge on any atom is 0.288 e. The van der Waals surface area contributed by atoms with E-state index < -0.39 is 0 Å². The van der Waals surface area contributed by atoms with Crippen molar-refractivity contribution in [1.82, 2.24) is 19.6 Å². The number of rotatable bonds is 4. The normalized spacial score (nSPS) is 19.3. The van der Waals surface area contributed by atoms with Gasteiger partial charge in [-0.2, -0.15) is 0 Å². The third-order valence-corrected chi connectivity index (χ3v) is 6.39. The third kappa shape index (κ3) is 4.95. The average molecular weight is 415 g/mol. The summed E-state index contributed by atoms with van der Waals surface area (Å²) in [6.07, 6.45) is 6.63. The first kappa shape index (κ1) is 20.3. The summed E-state index contributed by atoms with van der Waals surface area (Å²) in [7, 11) is 0. The van der Waals surface area contributed by atoms with Crippen LogP contribution < -0.4 is 0 Å². The number of aryl methyl sites for hydroxylation is 1. The van der Waals surface area contributed by atoms with Crippen molar-refractivity contribution in [1.29, 1.82) is 0 Å². The molecule has 0 spiro atoms. The highest BCUT2D eigenvalue weighted by Gasteiger charge is 2.29. The molecule has 2 saturated heterocycles. The largest absolute Gasteiger partial charge is 0.409 e. The Morgan fingerprint density at radius 1 is 1.07 bits per heavy atom. The van der Waals surface area contributed by atoms with Gasteiger partial charge in [0.25, 0.3) is 4.84 Å². The summed E-state index contributed by atoms with van der Waals surface area (Å²) in [6.45, 7) is 6.32. The number of likely N-dealkylation sites (tertiary alicyclic amines) is 2. The fourth-order valence-electron chi connectivity index (χ4n) is 4.27. The standard InChI is InChI=1S/C22H30N4O2S/c1-17-6-8-18(9-7-17)20-23-26(22(29)28-20)16-24-14-10-19(11-15-24)21(27)25-12-4-2-3-5-13-25/h6-9,19H,2-5,10-16H2,1H3. The van der Waals surface area contributed by atoms with Gasteiger partial charge in [-0.1, -0.05) is 30.5 Å². The minimum absolute atomic E-state index is 0.165. The summed E-state index contributed by atoms with van der Waals surface area (Å²) >= 11 is 5.38. The number of nitrogens with zero attached hydrogens (tertiary/aromatic N) is 4. The molecule has 2 aromatic rings. The van der Waals surface area contributed by atoms with Crippen LogP contribution in [0.25, 0.3) is 11.5 Å². The molecule has 3 heterocycles. The molecule has 7 heteroatoms. The molecule has 29 heavy (non-hydrogen) atoms. The molecule has 1 aromatic heterocycles. The summed E-state index contributed by atoms with van der Waals surface area (Å²) in [6, 6.07) is 8.08. The van der Waals surface area contributed by atoms with E-state index in [0.717, 1.165) is 57.4 Å². The Hall–Kier alpha value is -1.99. The average Bonchev–Trinajstić information content (AvgIpc) is 2.94. The van der Waals surface area contributed by atoms with Gasteiger partial charge in [0.15, 0.2) is 0 Å². The van der Waals surface area contributed by atoms with Crippen molar-refractivity contribution in [2.45, 2.75) is 52.1 Å². The molecule has 2 aliphatic rings. The van der Waals surface area contributed by atoms with Crippen LogP contribution in [0.3, 0.4) is 0 Å². The number of hydrogen-bond donors (Lipinski definition) is 0. The highest BCUT2D eigenvalue weighted by molar-refractivity contribution is 7.71. The summed E-state index contributed by atoms with van der Waals surface area (Å²) in [5.41, 5.74) is 2.13. The molecule has 0 atom stereocenters. The number of carbonyl (C=O) groups is 1. The smallest absolute Gasteiger partial charge is 0.288 e. The van der Waals surface area contributed by atoms with Crippen LogP contribution in [0, 0.1) is 17.7 Å². The molecule has 0 unspecified atom stereocenters. The minimum Gasteiger partial charge on any atom is -0.409 e. The van der Waals surface area contributed by atoms with Gasteiger partial charge in [-0.15, -0.1) is 5.10 Å². The van der Waals surface area contributed by atoms with Crippen LogP contribution >= 0.6 is 12.2 Å². The maximum atomic E-state index is 12.9. The van der Waals surface area contributed by atoms with E-state index in [0.29, 0.717) is 23.3 Å².